The van der Waals surface area contributed by atoms with E-state index < -0.39 is 0 Å². The summed E-state index contributed by atoms with van der Waals surface area (Å²) in [6.45, 7) is 8.58. The third-order valence-electron chi connectivity index (χ3n) is 4.39. The fourth-order valence-electron chi connectivity index (χ4n) is 2.83. The van der Waals surface area contributed by atoms with E-state index in [1.165, 1.54) is 62.6 Å². The van der Waals surface area contributed by atoms with Gasteiger partial charge in [0.1, 0.15) is 0 Å². The van der Waals surface area contributed by atoms with Crippen molar-refractivity contribution in [2.45, 2.75) is 52.4 Å². The Morgan fingerprint density at radius 2 is 1.70 bits per heavy atom. The standard InChI is InChI=1S/C11H24N.C7H9N/c1-3-4-5-6-9-12(2)10-7-8-11-12;1-6-4-2-3-5-7(6)8/h3-11H2,1-2H3;2-5H,8H2,1H3/q+1;. The van der Waals surface area contributed by atoms with Crippen molar-refractivity contribution in [3.8, 4) is 0 Å². The van der Waals surface area contributed by atoms with E-state index in [1.54, 1.807) is 0 Å². The molecule has 0 amide bonds. The first-order chi connectivity index (χ1) is 9.57. The maximum Gasteiger partial charge on any atom is 0.0786 e. The largest absolute Gasteiger partial charge is 0.399 e. The highest BCUT2D eigenvalue weighted by Crippen LogP contribution is 2.17. The predicted molar refractivity (Wildman–Crippen MR) is 89.8 cm³/mol. The van der Waals surface area contributed by atoms with E-state index in [1.807, 2.05) is 31.2 Å². The van der Waals surface area contributed by atoms with Gasteiger partial charge in [-0.3, -0.25) is 0 Å². The summed E-state index contributed by atoms with van der Waals surface area (Å²) < 4.78 is 1.36. The van der Waals surface area contributed by atoms with Gasteiger partial charge in [0.2, 0.25) is 0 Å². The van der Waals surface area contributed by atoms with Gasteiger partial charge in [-0.1, -0.05) is 38.0 Å². The summed E-state index contributed by atoms with van der Waals surface area (Å²) in [5.74, 6) is 0. The SMILES string of the molecule is CCCCCC[N+]1(C)CCCC1.Cc1ccccc1N. The maximum atomic E-state index is 5.52. The van der Waals surface area contributed by atoms with E-state index in [9.17, 15) is 0 Å². The van der Waals surface area contributed by atoms with E-state index in [4.69, 9.17) is 5.73 Å². The number of nitrogens with two attached hydrogens (primary N) is 1. The van der Waals surface area contributed by atoms with E-state index in [-0.39, 0.29) is 0 Å². The number of aryl methyl sites for hydroxylation is 1. The van der Waals surface area contributed by atoms with Crippen molar-refractivity contribution in [3.05, 3.63) is 29.8 Å². The number of hydrogen-bond acceptors (Lipinski definition) is 1. The molecule has 0 unspecified atom stereocenters. The summed E-state index contributed by atoms with van der Waals surface area (Å²) in [5.41, 5.74) is 7.53. The predicted octanol–water partition coefficient (Wildman–Crippen LogP) is 4.38. The number of nitrogens with zero attached hydrogens (tertiary/aromatic N) is 1. The van der Waals surface area contributed by atoms with Crippen molar-refractivity contribution in [2.75, 3.05) is 32.4 Å². The van der Waals surface area contributed by atoms with Crippen LogP contribution >= 0.6 is 0 Å². The lowest BCUT2D eigenvalue weighted by molar-refractivity contribution is -0.897. The molecule has 2 nitrogen and oxygen atoms in total. The fourth-order valence-corrected chi connectivity index (χ4v) is 2.83. The van der Waals surface area contributed by atoms with Gasteiger partial charge in [0.25, 0.3) is 0 Å². The van der Waals surface area contributed by atoms with Crippen LogP contribution in [0.15, 0.2) is 24.3 Å². The first kappa shape index (κ1) is 17.0. The third-order valence-corrected chi connectivity index (χ3v) is 4.39. The van der Waals surface area contributed by atoms with Crippen LogP contribution in [0, 0.1) is 6.92 Å². The number of quaternary nitrogens is 1. The molecule has 2 N–H and O–H groups in total. The van der Waals surface area contributed by atoms with Crippen molar-refractivity contribution in [2.24, 2.45) is 0 Å². The molecule has 114 valence electrons. The third kappa shape index (κ3) is 6.42. The zero-order valence-electron chi connectivity index (χ0n) is 13.7. The number of para-hydroxylation sites is 1. The number of anilines is 1. The zero-order chi connectivity index (χ0) is 14.8. The van der Waals surface area contributed by atoms with E-state index in [0.717, 1.165) is 11.3 Å². The summed E-state index contributed by atoms with van der Waals surface area (Å²) in [6, 6.07) is 7.80. The molecular formula is C18H33N2+. The van der Waals surface area contributed by atoms with Crippen LogP contribution in [0.3, 0.4) is 0 Å². The van der Waals surface area contributed by atoms with Crippen LogP contribution < -0.4 is 5.73 Å². The normalized spacial score (nSPS) is 16.6. The Morgan fingerprint density at radius 3 is 2.20 bits per heavy atom. The molecule has 2 rings (SSSR count). The highest BCUT2D eigenvalue weighted by molar-refractivity contribution is 5.44. The average Bonchev–Trinajstić information content (AvgIpc) is 2.86. The van der Waals surface area contributed by atoms with Crippen LogP contribution in [0.4, 0.5) is 5.69 Å². The van der Waals surface area contributed by atoms with Crippen LogP contribution in [-0.2, 0) is 0 Å². The summed E-state index contributed by atoms with van der Waals surface area (Å²) in [7, 11) is 2.43. The number of likely N-dealkylation sites (tertiary alicyclic amines) is 1. The van der Waals surface area contributed by atoms with E-state index in [0.29, 0.717) is 0 Å². The summed E-state index contributed by atoms with van der Waals surface area (Å²) in [4.78, 5) is 0. The van der Waals surface area contributed by atoms with Gasteiger partial charge in [0.15, 0.2) is 0 Å². The molecule has 0 aromatic heterocycles. The van der Waals surface area contributed by atoms with Gasteiger partial charge in [-0.15, -0.1) is 0 Å². The van der Waals surface area contributed by atoms with Gasteiger partial charge in [-0.2, -0.15) is 0 Å². The molecule has 1 aromatic carbocycles. The van der Waals surface area contributed by atoms with Gasteiger partial charge in [0.05, 0.1) is 26.7 Å². The number of unbranched alkanes of at least 4 members (excludes halogenated alkanes) is 3. The van der Waals surface area contributed by atoms with Crippen LogP contribution in [-0.4, -0.2) is 31.2 Å². The Bertz CT molecular complexity index is 346. The molecule has 0 radical (unpaired) electrons. The highest BCUT2D eigenvalue weighted by atomic mass is 15.3. The topological polar surface area (TPSA) is 26.0 Å². The second-order valence-corrected chi connectivity index (χ2v) is 6.41. The molecule has 0 spiro atoms. The number of rotatable bonds is 5. The number of benzene rings is 1. The smallest absolute Gasteiger partial charge is 0.0786 e. The van der Waals surface area contributed by atoms with Crippen LogP contribution in [0.5, 0.6) is 0 Å². The molecular weight excluding hydrogens is 244 g/mol. The zero-order valence-corrected chi connectivity index (χ0v) is 13.7. The minimum absolute atomic E-state index is 0.868. The first-order valence-corrected chi connectivity index (χ1v) is 8.22. The molecule has 2 heteroatoms. The molecule has 20 heavy (non-hydrogen) atoms. The molecule has 1 aromatic rings. The van der Waals surface area contributed by atoms with E-state index in [2.05, 4.69) is 14.0 Å². The molecule has 1 fully saturated rings. The fraction of sp³-hybridized carbons (Fsp3) is 0.667. The maximum absolute atomic E-state index is 5.52. The quantitative estimate of drug-likeness (QED) is 0.482. The minimum Gasteiger partial charge on any atom is -0.399 e. The van der Waals surface area contributed by atoms with Crippen molar-refractivity contribution >= 4 is 5.69 Å². The Labute approximate surface area is 125 Å². The Balaban J connectivity index is 0.000000217. The molecule has 0 atom stereocenters. The number of nitrogen functional groups attached to an aromatic ring is 1. The second kappa shape index (κ2) is 9.02. The van der Waals surface area contributed by atoms with Crippen molar-refractivity contribution in [1.29, 1.82) is 0 Å². The van der Waals surface area contributed by atoms with Gasteiger partial charge < -0.3 is 10.2 Å². The monoisotopic (exact) mass is 277 g/mol. The molecule has 1 saturated heterocycles. The lowest BCUT2D eigenvalue weighted by Crippen LogP contribution is -2.41. The summed E-state index contributed by atoms with van der Waals surface area (Å²) >= 11 is 0. The van der Waals surface area contributed by atoms with Crippen LogP contribution in [0.25, 0.3) is 0 Å². The molecule has 0 saturated carbocycles. The Hall–Kier alpha value is -1.02. The number of hydrogen-bond donors (Lipinski definition) is 1. The minimum atomic E-state index is 0.868. The van der Waals surface area contributed by atoms with Crippen LogP contribution in [0.2, 0.25) is 0 Å². The Kier molecular flexibility index (Phi) is 7.68. The van der Waals surface area contributed by atoms with Gasteiger partial charge in [-0.25, -0.2) is 0 Å². The van der Waals surface area contributed by atoms with Crippen molar-refractivity contribution in [1.82, 2.24) is 0 Å². The van der Waals surface area contributed by atoms with Crippen LogP contribution in [0.1, 0.15) is 51.0 Å². The Morgan fingerprint density at radius 1 is 1.05 bits per heavy atom. The lowest BCUT2D eigenvalue weighted by atomic mass is 10.2. The van der Waals surface area contributed by atoms with Gasteiger partial charge >= 0.3 is 0 Å². The summed E-state index contributed by atoms with van der Waals surface area (Å²) in [6.07, 6.45) is 8.62. The molecule has 0 aliphatic carbocycles. The molecule has 1 aliphatic rings. The van der Waals surface area contributed by atoms with Crippen molar-refractivity contribution < 1.29 is 4.48 Å². The second-order valence-electron chi connectivity index (χ2n) is 6.41. The van der Waals surface area contributed by atoms with Gasteiger partial charge in [0, 0.05) is 18.5 Å². The lowest BCUT2D eigenvalue weighted by Gasteiger charge is -2.29. The summed E-state index contributed by atoms with van der Waals surface area (Å²) in [5, 5.41) is 0. The first-order valence-electron chi connectivity index (χ1n) is 8.22. The average molecular weight is 277 g/mol. The van der Waals surface area contributed by atoms with Gasteiger partial charge in [-0.05, 0) is 31.4 Å². The molecule has 0 bridgehead atoms. The van der Waals surface area contributed by atoms with Crippen molar-refractivity contribution in [3.63, 3.8) is 0 Å². The molecule has 1 heterocycles. The molecule has 1 aliphatic heterocycles. The highest BCUT2D eigenvalue weighted by Gasteiger charge is 2.25. The van der Waals surface area contributed by atoms with E-state index >= 15 is 0 Å².